The van der Waals surface area contributed by atoms with E-state index in [1.54, 1.807) is 36.2 Å². The highest BCUT2D eigenvalue weighted by atomic mass is 16.2. The molecule has 1 N–H and O–H groups in total. The predicted molar refractivity (Wildman–Crippen MR) is 81.0 cm³/mol. The number of likely N-dealkylation sites (tertiary alicyclic amines) is 1. The van der Waals surface area contributed by atoms with Crippen LogP contribution in [0.3, 0.4) is 0 Å². The van der Waals surface area contributed by atoms with Gasteiger partial charge < -0.3 is 15.1 Å². The molecule has 21 heavy (non-hydrogen) atoms. The number of hydrogen-bond acceptors (Lipinski definition) is 3. The van der Waals surface area contributed by atoms with Gasteiger partial charge in [0.25, 0.3) is 0 Å². The first kappa shape index (κ1) is 15.3. The Morgan fingerprint density at radius 3 is 2.57 bits per heavy atom. The van der Waals surface area contributed by atoms with Gasteiger partial charge in [0.1, 0.15) is 0 Å². The fraction of sp³-hybridized carbons (Fsp3) is 0.533. The van der Waals surface area contributed by atoms with Crippen LogP contribution >= 0.6 is 0 Å². The largest absolute Gasteiger partial charge is 0.349 e. The van der Waals surface area contributed by atoms with E-state index in [1.807, 2.05) is 13.0 Å². The van der Waals surface area contributed by atoms with Crippen molar-refractivity contribution in [3.8, 4) is 0 Å². The van der Waals surface area contributed by atoms with Gasteiger partial charge in [-0.15, -0.1) is 0 Å². The van der Waals surface area contributed by atoms with Gasteiger partial charge in [-0.25, -0.2) is 4.79 Å². The summed E-state index contributed by atoms with van der Waals surface area (Å²) < 4.78 is 0. The average Bonchev–Trinajstić information content (AvgIpc) is 2.46. The van der Waals surface area contributed by atoms with Crippen molar-refractivity contribution in [1.82, 2.24) is 14.8 Å². The number of nitrogens with one attached hydrogen (secondary N) is 1. The summed E-state index contributed by atoms with van der Waals surface area (Å²) in [6.45, 7) is 3.11. The molecule has 0 atom stereocenters. The van der Waals surface area contributed by atoms with Crippen LogP contribution < -0.4 is 5.32 Å². The number of nitrogens with zero attached hydrogens (tertiary/aromatic N) is 3. The molecule has 0 bridgehead atoms. The maximum atomic E-state index is 12.2. The highest BCUT2D eigenvalue weighted by molar-refractivity contribution is 5.89. The summed E-state index contributed by atoms with van der Waals surface area (Å²) in [5.74, 6) is 0.187. The van der Waals surface area contributed by atoms with Crippen molar-refractivity contribution >= 4 is 17.6 Å². The highest BCUT2D eigenvalue weighted by Gasteiger charge is 2.28. The molecule has 1 fully saturated rings. The van der Waals surface area contributed by atoms with Crippen LogP contribution in [0.1, 0.15) is 18.5 Å². The second-order valence-electron chi connectivity index (χ2n) is 5.61. The van der Waals surface area contributed by atoms with E-state index < -0.39 is 0 Å². The van der Waals surface area contributed by atoms with E-state index >= 15 is 0 Å². The Morgan fingerprint density at radius 2 is 2.00 bits per heavy atom. The van der Waals surface area contributed by atoms with Gasteiger partial charge in [-0.1, -0.05) is 0 Å². The third-order valence-electron chi connectivity index (χ3n) is 3.72. The normalized spacial score (nSPS) is 15.7. The molecule has 3 amide bonds. The summed E-state index contributed by atoms with van der Waals surface area (Å²) in [4.78, 5) is 31.6. The third-order valence-corrected chi connectivity index (χ3v) is 3.72. The van der Waals surface area contributed by atoms with E-state index in [2.05, 4.69) is 10.3 Å². The van der Waals surface area contributed by atoms with E-state index in [-0.39, 0.29) is 17.9 Å². The summed E-state index contributed by atoms with van der Waals surface area (Å²) in [5.41, 5.74) is 1.61. The number of anilines is 1. The van der Waals surface area contributed by atoms with E-state index in [9.17, 15) is 9.59 Å². The SMILES string of the molecule is Cc1cc(NC(=O)N2CCC(C(=O)N(C)C)CC2)ccn1. The number of hydrogen-bond donors (Lipinski definition) is 1. The Hall–Kier alpha value is -2.11. The quantitative estimate of drug-likeness (QED) is 0.902. The zero-order chi connectivity index (χ0) is 15.4. The smallest absolute Gasteiger partial charge is 0.321 e. The van der Waals surface area contributed by atoms with Crippen molar-refractivity contribution in [3.05, 3.63) is 24.0 Å². The van der Waals surface area contributed by atoms with Crippen molar-refractivity contribution in [2.45, 2.75) is 19.8 Å². The molecule has 1 aliphatic heterocycles. The molecule has 0 spiro atoms. The minimum Gasteiger partial charge on any atom is -0.349 e. The van der Waals surface area contributed by atoms with Gasteiger partial charge >= 0.3 is 6.03 Å². The zero-order valence-corrected chi connectivity index (χ0v) is 12.8. The van der Waals surface area contributed by atoms with Crippen LogP contribution in [0.4, 0.5) is 10.5 Å². The Morgan fingerprint density at radius 1 is 1.33 bits per heavy atom. The highest BCUT2D eigenvalue weighted by Crippen LogP contribution is 2.19. The topological polar surface area (TPSA) is 65.5 Å². The molecule has 0 aromatic carbocycles. The first-order valence-corrected chi connectivity index (χ1v) is 7.17. The maximum Gasteiger partial charge on any atom is 0.321 e. The van der Waals surface area contributed by atoms with Crippen LogP contribution in [-0.4, -0.2) is 53.9 Å². The molecule has 0 aliphatic carbocycles. The maximum absolute atomic E-state index is 12.2. The molecule has 6 nitrogen and oxygen atoms in total. The lowest BCUT2D eigenvalue weighted by molar-refractivity contribution is -0.134. The minimum absolute atomic E-state index is 0.0345. The van der Waals surface area contributed by atoms with Gasteiger partial charge in [0, 0.05) is 50.7 Å². The van der Waals surface area contributed by atoms with Crippen molar-refractivity contribution in [2.75, 3.05) is 32.5 Å². The summed E-state index contributed by atoms with van der Waals surface area (Å²) in [7, 11) is 3.54. The van der Waals surface area contributed by atoms with Crippen LogP contribution in [0.25, 0.3) is 0 Å². The second kappa shape index (κ2) is 6.56. The first-order valence-electron chi connectivity index (χ1n) is 7.17. The third kappa shape index (κ3) is 3.93. The summed E-state index contributed by atoms with van der Waals surface area (Å²) >= 11 is 0. The van der Waals surface area contributed by atoms with Crippen LogP contribution in [0.15, 0.2) is 18.3 Å². The molecule has 2 heterocycles. The Balaban J connectivity index is 1.87. The van der Waals surface area contributed by atoms with E-state index in [0.29, 0.717) is 13.1 Å². The number of pyridine rings is 1. The van der Waals surface area contributed by atoms with E-state index in [1.165, 1.54) is 0 Å². The molecule has 0 unspecified atom stereocenters. The standard InChI is InChI=1S/C15H22N4O2/c1-11-10-13(4-7-16-11)17-15(21)19-8-5-12(6-9-19)14(20)18(2)3/h4,7,10,12H,5-6,8-9H2,1-3H3,(H,16,17,21). The Labute approximate surface area is 125 Å². The molecular formula is C15H22N4O2. The lowest BCUT2D eigenvalue weighted by atomic mass is 9.96. The molecule has 2 rings (SSSR count). The molecule has 0 saturated carbocycles. The zero-order valence-electron chi connectivity index (χ0n) is 12.8. The fourth-order valence-electron chi connectivity index (χ4n) is 2.52. The van der Waals surface area contributed by atoms with Crippen LogP contribution in [-0.2, 0) is 4.79 Å². The van der Waals surface area contributed by atoms with E-state index in [0.717, 1.165) is 24.2 Å². The fourth-order valence-corrected chi connectivity index (χ4v) is 2.52. The number of aryl methyl sites for hydroxylation is 1. The van der Waals surface area contributed by atoms with Crippen molar-refractivity contribution in [3.63, 3.8) is 0 Å². The van der Waals surface area contributed by atoms with Crippen LogP contribution in [0.2, 0.25) is 0 Å². The van der Waals surface area contributed by atoms with Crippen LogP contribution in [0, 0.1) is 12.8 Å². The lowest BCUT2D eigenvalue weighted by Crippen LogP contribution is -2.44. The van der Waals surface area contributed by atoms with Gasteiger partial charge in [-0.3, -0.25) is 9.78 Å². The number of urea groups is 1. The Bertz CT molecular complexity index is 522. The van der Waals surface area contributed by atoms with Gasteiger partial charge in [0.05, 0.1) is 0 Å². The van der Waals surface area contributed by atoms with Crippen molar-refractivity contribution < 1.29 is 9.59 Å². The Kier molecular flexibility index (Phi) is 4.77. The van der Waals surface area contributed by atoms with Gasteiger partial charge in [0.2, 0.25) is 5.91 Å². The molecule has 0 radical (unpaired) electrons. The number of carbonyl (C=O) groups is 2. The number of aromatic nitrogens is 1. The van der Waals surface area contributed by atoms with E-state index in [4.69, 9.17) is 0 Å². The van der Waals surface area contributed by atoms with Gasteiger partial charge in [0.15, 0.2) is 0 Å². The lowest BCUT2D eigenvalue weighted by Gasteiger charge is -2.32. The molecule has 1 saturated heterocycles. The number of piperidine rings is 1. The summed E-state index contributed by atoms with van der Waals surface area (Å²) in [5, 5.41) is 2.87. The number of amides is 3. The molecule has 1 aromatic heterocycles. The summed E-state index contributed by atoms with van der Waals surface area (Å²) in [6.07, 6.45) is 3.12. The average molecular weight is 290 g/mol. The van der Waals surface area contributed by atoms with Gasteiger partial charge in [-0.05, 0) is 31.9 Å². The number of rotatable bonds is 2. The minimum atomic E-state index is -0.114. The predicted octanol–water partition coefficient (Wildman–Crippen LogP) is 1.72. The molecular weight excluding hydrogens is 268 g/mol. The molecule has 114 valence electrons. The first-order chi connectivity index (χ1) is 9.97. The van der Waals surface area contributed by atoms with Crippen molar-refractivity contribution in [2.24, 2.45) is 5.92 Å². The second-order valence-corrected chi connectivity index (χ2v) is 5.61. The molecule has 6 heteroatoms. The molecule has 1 aromatic rings. The monoisotopic (exact) mass is 290 g/mol. The summed E-state index contributed by atoms with van der Waals surface area (Å²) in [6, 6.07) is 3.49. The number of carbonyl (C=O) groups excluding carboxylic acids is 2. The van der Waals surface area contributed by atoms with Crippen molar-refractivity contribution in [1.29, 1.82) is 0 Å². The molecule has 1 aliphatic rings. The van der Waals surface area contributed by atoms with Gasteiger partial charge in [-0.2, -0.15) is 0 Å². The van der Waals surface area contributed by atoms with Crippen LogP contribution in [0.5, 0.6) is 0 Å².